The molecular weight excluding hydrogens is 183 g/mol. The molecular formula is C10H11FN2O. The highest BCUT2D eigenvalue weighted by molar-refractivity contribution is 5.94. The number of aromatic nitrogens is 1. The van der Waals surface area contributed by atoms with Gasteiger partial charge in [0, 0.05) is 12.2 Å². The number of nitrogens with zero attached hydrogens (tertiary/aromatic N) is 1. The van der Waals surface area contributed by atoms with Crippen LogP contribution in [0.4, 0.5) is 4.39 Å². The molecule has 1 amide bonds. The molecule has 0 saturated heterocycles. The van der Waals surface area contributed by atoms with Gasteiger partial charge in [0.05, 0.1) is 5.56 Å². The van der Waals surface area contributed by atoms with Crippen LogP contribution in [-0.2, 0) is 0 Å². The van der Waals surface area contributed by atoms with Gasteiger partial charge >= 0.3 is 0 Å². The zero-order valence-corrected chi connectivity index (χ0v) is 7.66. The van der Waals surface area contributed by atoms with Crippen molar-refractivity contribution in [2.24, 2.45) is 0 Å². The van der Waals surface area contributed by atoms with E-state index in [1.54, 1.807) is 0 Å². The lowest BCUT2D eigenvalue weighted by Gasteiger charge is -2.26. The van der Waals surface area contributed by atoms with Gasteiger partial charge in [-0.2, -0.15) is 4.39 Å². The largest absolute Gasteiger partial charge is 0.349 e. The van der Waals surface area contributed by atoms with Crippen LogP contribution in [0.3, 0.4) is 0 Å². The average Bonchev–Trinajstić information content (AvgIpc) is 2.12. The van der Waals surface area contributed by atoms with Crippen LogP contribution in [0.2, 0.25) is 0 Å². The molecule has 1 aliphatic rings. The van der Waals surface area contributed by atoms with Gasteiger partial charge < -0.3 is 5.32 Å². The topological polar surface area (TPSA) is 42.0 Å². The van der Waals surface area contributed by atoms with E-state index in [2.05, 4.69) is 10.3 Å². The van der Waals surface area contributed by atoms with Gasteiger partial charge in [0.15, 0.2) is 0 Å². The molecule has 14 heavy (non-hydrogen) atoms. The summed E-state index contributed by atoms with van der Waals surface area (Å²) in [4.78, 5) is 14.9. The minimum Gasteiger partial charge on any atom is -0.349 e. The van der Waals surface area contributed by atoms with Crippen molar-refractivity contribution in [3.63, 3.8) is 0 Å². The van der Waals surface area contributed by atoms with Crippen molar-refractivity contribution >= 4 is 5.91 Å². The lowest BCUT2D eigenvalue weighted by atomic mass is 9.93. The Morgan fingerprint density at radius 1 is 1.50 bits per heavy atom. The van der Waals surface area contributed by atoms with Crippen LogP contribution < -0.4 is 5.32 Å². The number of carbonyl (C=O) groups is 1. The summed E-state index contributed by atoms with van der Waals surface area (Å²) in [5.74, 6) is -0.729. The quantitative estimate of drug-likeness (QED) is 0.725. The molecule has 3 nitrogen and oxygen atoms in total. The van der Waals surface area contributed by atoms with Crippen molar-refractivity contribution in [1.29, 1.82) is 0 Å². The van der Waals surface area contributed by atoms with Crippen LogP contribution in [0.25, 0.3) is 0 Å². The van der Waals surface area contributed by atoms with Gasteiger partial charge in [-0.15, -0.1) is 0 Å². The second-order valence-electron chi connectivity index (χ2n) is 3.47. The van der Waals surface area contributed by atoms with Crippen LogP contribution in [0.1, 0.15) is 29.6 Å². The van der Waals surface area contributed by atoms with E-state index in [9.17, 15) is 9.18 Å². The Labute approximate surface area is 81.3 Å². The van der Waals surface area contributed by atoms with Crippen molar-refractivity contribution < 1.29 is 9.18 Å². The van der Waals surface area contributed by atoms with Crippen molar-refractivity contribution in [3.05, 3.63) is 29.8 Å². The molecule has 1 fully saturated rings. The van der Waals surface area contributed by atoms with Gasteiger partial charge in [-0.1, -0.05) is 0 Å². The van der Waals surface area contributed by atoms with Crippen molar-refractivity contribution in [3.8, 4) is 0 Å². The first-order valence-electron chi connectivity index (χ1n) is 4.68. The summed E-state index contributed by atoms with van der Waals surface area (Å²) in [6.45, 7) is 0. The van der Waals surface area contributed by atoms with E-state index in [1.165, 1.54) is 24.8 Å². The van der Waals surface area contributed by atoms with Crippen LogP contribution in [-0.4, -0.2) is 16.9 Å². The van der Waals surface area contributed by atoms with E-state index < -0.39 is 5.95 Å². The van der Waals surface area contributed by atoms with Gasteiger partial charge in [0.1, 0.15) is 0 Å². The normalized spacial score (nSPS) is 16.1. The molecule has 1 N–H and O–H groups in total. The summed E-state index contributed by atoms with van der Waals surface area (Å²) in [6.07, 6.45) is 4.51. The predicted molar refractivity (Wildman–Crippen MR) is 49.3 cm³/mol. The number of amides is 1. The Balaban J connectivity index is 1.99. The molecule has 0 atom stereocenters. The smallest absolute Gasteiger partial charge is 0.253 e. The minimum atomic E-state index is -0.565. The second-order valence-corrected chi connectivity index (χ2v) is 3.47. The second kappa shape index (κ2) is 3.74. The van der Waals surface area contributed by atoms with Crippen molar-refractivity contribution in [1.82, 2.24) is 10.3 Å². The summed E-state index contributed by atoms with van der Waals surface area (Å²) in [7, 11) is 0. The standard InChI is InChI=1S/C10H11FN2O/c11-9-5-4-7(6-12-9)10(14)13-8-2-1-3-8/h4-6,8H,1-3H2,(H,13,14). The zero-order chi connectivity index (χ0) is 9.97. The first-order valence-corrected chi connectivity index (χ1v) is 4.68. The molecule has 1 aliphatic carbocycles. The van der Waals surface area contributed by atoms with E-state index in [0.29, 0.717) is 11.6 Å². The lowest BCUT2D eigenvalue weighted by molar-refractivity contribution is 0.0916. The zero-order valence-electron chi connectivity index (χ0n) is 7.66. The number of hydrogen-bond donors (Lipinski definition) is 1. The number of pyridine rings is 1. The van der Waals surface area contributed by atoms with Crippen molar-refractivity contribution in [2.45, 2.75) is 25.3 Å². The number of nitrogens with one attached hydrogen (secondary N) is 1. The van der Waals surface area contributed by atoms with Gasteiger partial charge in [0.2, 0.25) is 5.95 Å². The Kier molecular flexibility index (Phi) is 2.43. The Morgan fingerprint density at radius 3 is 2.79 bits per heavy atom. The molecule has 1 aromatic heterocycles. The van der Waals surface area contributed by atoms with Gasteiger partial charge in [-0.3, -0.25) is 4.79 Å². The van der Waals surface area contributed by atoms with E-state index >= 15 is 0 Å². The van der Waals surface area contributed by atoms with Gasteiger partial charge in [-0.25, -0.2) is 4.98 Å². The minimum absolute atomic E-state index is 0.165. The number of rotatable bonds is 2. The molecule has 0 aliphatic heterocycles. The highest BCUT2D eigenvalue weighted by atomic mass is 19.1. The molecule has 4 heteroatoms. The molecule has 1 aromatic rings. The Hall–Kier alpha value is -1.45. The van der Waals surface area contributed by atoms with E-state index in [1.807, 2.05) is 0 Å². The highest BCUT2D eigenvalue weighted by Crippen LogP contribution is 2.18. The SMILES string of the molecule is O=C(NC1CCC1)c1ccc(F)nc1. The predicted octanol–water partition coefficient (Wildman–Crippen LogP) is 1.50. The summed E-state index contributed by atoms with van der Waals surface area (Å²) >= 11 is 0. The lowest BCUT2D eigenvalue weighted by Crippen LogP contribution is -2.39. The number of carbonyl (C=O) groups excluding carboxylic acids is 1. The van der Waals surface area contributed by atoms with Gasteiger partial charge in [0.25, 0.3) is 5.91 Å². The molecule has 0 radical (unpaired) electrons. The summed E-state index contributed by atoms with van der Waals surface area (Å²) in [6, 6.07) is 2.93. The van der Waals surface area contributed by atoms with Crippen LogP contribution in [0.5, 0.6) is 0 Å². The monoisotopic (exact) mass is 194 g/mol. The van der Waals surface area contributed by atoms with Crippen LogP contribution in [0.15, 0.2) is 18.3 Å². The molecule has 0 bridgehead atoms. The van der Waals surface area contributed by atoms with Crippen molar-refractivity contribution in [2.75, 3.05) is 0 Å². The fourth-order valence-corrected chi connectivity index (χ4v) is 1.33. The highest BCUT2D eigenvalue weighted by Gasteiger charge is 2.19. The third-order valence-corrected chi connectivity index (χ3v) is 2.43. The Morgan fingerprint density at radius 2 is 2.29 bits per heavy atom. The fourth-order valence-electron chi connectivity index (χ4n) is 1.33. The van der Waals surface area contributed by atoms with E-state index in [0.717, 1.165) is 12.8 Å². The summed E-state index contributed by atoms with van der Waals surface area (Å²) in [5.41, 5.74) is 0.415. The number of halogens is 1. The Bertz CT molecular complexity index is 332. The molecule has 2 rings (SSSR count). The van der Waals surface area contributed by atoms with Crippen LogP contribution >= 0.6 is 0 Å². The third-order valence-electron chi connectivity index (χ3n) is 2.43. The van der Waals surface area contributed by atoms with E-state index in [-0.39, 0.29) is 5.91 Å². The molecule has 74 valence electrons. The average molecular weight is 194 g/mol. The first kappa shape index (κ1) is 9.12. The molecule has 0 unspecified atom stereocenters. The summed E-state index contributed by atoms with van der Waals surface area (Å²) < 4.78 is 12.4. The fraction of sp³-hybridized carbons (Fsp3) is 0.400. The summed E-state index contributed by atoms with van der Waals surface area (Å²) in [5, 5.41) is 2.85. The van der Waals surface area contributed by atoms with E-state index in [4.69, 9.17) is 0 Å². The molecule has 1 saturated carbocycles. The molecule has 0 aromatic carbocycles. The number of hydrogen-bond acceptors (Lipinski definition) is 2. The maximum Gasteiger partial charge on any atom is 0.253 e. The maximum atomic E-state index is 12.4. The van der Waals surface area contributed by atoms with Crippen LogP contribution in [0, 0.1) is 5.95 Å². The van der Waals surface area contributed by atoms with Gasteiger partial charge in [-0.05, 0) is 31.4 Å². The third kappa shape index (κ3) is 1.89. The molecule has 1 heterocycles. The maximum absolute atomic E-state index is 12.4. The molecule has 0 spiro atoms. The first-order chi connectivity index (χ1) is 6.75.